The lowest BCUT2D eigenvalue weighted by Crippen LogP contribution is -2.34. The average molecular weight is 277 g/mol. The molecule has 0 atom stereocenters. The van der Waals surface area contributed by atoms with Gasteiger partial charge in [0.05, 0.1) is 17.4 Å². The first-order valence-corrected chi connectivity index (χ1v) is 7.89. The Morgan fingerprint density at radius 2 is 1.15 bits per heavy atom. The fourth-order valence-corrected chi connectivity index (χ4v) is 2.95. The van der Waals surface area contributed by atoms with E-state index in [2.05, 4.69) is 55.6 Å². The van der Waals surface area contributed by atoms with Crippen LogP contribution in [0.25, 0.3) is 0 Å². The molecule has 0 heterocycles. The van der Waals surface area contributed by atoms with E-state index in [4.69, 9.17) is 0 Å². The monoisotopic (exact) mass is 277 g/mol. The van der Waals surface area contributed by atoms with Crippen molar-refractivity contribution in [2.75, 3.05) is 39.3 Å². The van der Waals surface area contributed by atoms with Crippen LogP contribution in [0.2, 0.25) is 0 Å². The van der Waals surface area contributed by atoms with Crippen molar-refractivity contribution in [1.82, 2.24) is 14.7 Å². The zero-order valence-corrected chi connectivity index (χ0v) is 13.7. The van der Waals surface area contributed by atoms with E-state index in [1.54, 1.807) is 0 Å². The number of hydrogen-bond acceptors (Lipinski definition) is 3. The summed E-state index contributed by atoms with van der Waals surface area (Å²) in [6.07, 6.45) is 3.98. The Labute approximate surface area is 125 Å². The van der Waals surface area contributed by atoms with Gasteiger partial charge < -0.3 is 9.80 Å². The van der Waals surface area contributed by atoms with E-state index in [9.17, 15) is 0 Å². The summed E-state index contributed by atoms with van der Waals surface area (Å²) in [6.45, 7) is 22.8. The predicted molar refractivity (Wildman–Crippen MR) is 88.6 cm³/mol. The number of hydrogen-bond donors (Lipinski definition) is 0. The van der Waals surface area contributed by atoms with Crippen LogP contribution in [0.5, 0.6) is 0 Å². The lowest BCUT2D eigenvalue weighted by molar-refractivity contribution is 0.273. The van der Waals surface area contributed by atoms with Gasteiger partial charge in [-0.05, 0) is 27.7 Å². The van der Waals surface area contributed by atoms with Gasteiger partial charge in [-0.2, -0.15) is 0 Å². The van der Waals surface area contributed by atoms with E-state index in [1.165, 1.54) is 11.4 Å². The highest BCUT2D eigenvalue weighted by Gasteiger charge is 2.45. The van der Waals surface area contributed by atoms with Gasteiger partial charge in [-0.3, -0.25) is 4.90 Å². The highest BCUT2D eigenvalue weighted by molar-refractivity contribution is 5.45. The lowest BCUT2D eigenvalue weighted by Gasteiger charge is -2.25. The van der Waals surface area contributed by atoms with Crippen molar-refractivity contribution in [3.8, 4) is 0 Å². The van der Waals surface area contributed by atoms with Crippen LogP contribution in [-0.4, -0.2) is 60.0 Å². The normalized spacial score (nSPS) is 14.7. The molecule has 0 amide bonds. The molecule has 1 aliphatic carbocycles. The molecule has 0 saturated heterocycles. The van der Waals surface area contributed by atoms with E-state index in [1.807, 2.05) is 12.2 Å². The van der Waals surface area contributed by atoms with Crippen LogP contribution in [-0.2, 0) is 0 Å². The Balaban J connectivity index is 2.95. The van der Waals surface area contributed by atoms with Crippen molar-refractivity contribution in [1.29, 1.82) is 0 Å². The molecular weight excluding hydrogens is 246 g/mol. The van der Waals surface area contributed by atoms with Gasteiger partial charge in [-0.15, -0.1) is 13.2 Å². The summed E-state index contributed by atoms with van der Waals surface area (Å²) in [7, 11) is 0. The van der Waals surface area contributed by atoms with Gasteiger partial charge in [0.1, 0.15) is 0 Å². The standard InChI is InChI=1S/C17H31N3/c1-7-13-20(14-8-2)17-15(18(9-3)10-4)16(17)19(11-5)12-6/h7-8,17H,1-2,9-14H2,3-6H3. The number of nitrogens with zero attached hydrogens (tertiary/aromatic N) is 3. The number of rotatable bonds is 11. The summed E-state index contributed by atoms with van der Waals surface area (Å²) in [5, 5.41) is 0. The molecule has 114 valence electrons. The van der Waals surface area contributed by atoms with Crippen molar-refractivity contribution in [2.24, 2.45) is 0 Å². The van der Waals surface area contributed by atoms with Crippen molar-refractivity contribution < 1.29 is 0 Å². The molecule has 1 rings (SSSR count). The summed E-state index contributed by atoms with van der Waals surface area (Å²) < 4.78 is 0. The molecule has 0 aliphatic heterocycles. The Bertz CT molecular complexity index is 319. The summed E-state index contributed by atoms with van der Waals surface area (Å²) in [4.78, 5) is 7.41. The molecule has 0 spiro atoms. The Kier molecular flexibility index (Phi) is 6.86. The Morgan fingerprint density at radius 3 is 1.40 bits per heavy atom. The molecule has 0 aromatic carbocycles. The van der Waals surface area contributed by atoms with E-state index < -0.39 is 0 Å². The largest absolute Gasteiger partial charge is 0.372 e. The van der Waals surface area contributed by atoms with E-state index >= 15 is 0 Å². The fraction of sp³-hybridized carbons (Fsp3) is 0.647. The fourth-order valence-electron chi connectivity index (χ4n) is 2.95. The van der Waals surface area contributed by atoms with E-state index in [-0.39, 0.29) is 0 Å². The van der Waals surface area contributed by atoms with Gasteiger partial charge in [0.25, 0.3) is 0 Å². The maximum absolute atomic E-state index is 3.89. The van der Waals surface area contributed by atoms with Crippen LogP contribution in [0.1, 0.15) is 27.7 Å². The molecule has 0 bridgehead atoms. The molecule has 3 heteroatoms. The molecule has 0 unspecified atom stereocenters. The van der Waals surface area contributed by atoms with Crippen LogP contribution in [0.4, 0.5) is 0 Å². The van der Waals surface area contributed by atoms with Gasteiger partial charge >= 0.3 is 0 Å². The Morgan fingerprint density at radius 1 is 0.800 bits per heavy atom. The van der Waals surface area contributed by atoms with E-state index in [0.717, 1.165) is 39.3 Å². The van der Waals surface area contributed by atoms with Crippen LogP contribution in [0, 0.1) is 0 Å². The minimum atomic E-state index is 0.450. The van der Waals surface area contributed by atoms with Crippen molar-refractivity contribution >= 4 is 0 Å². The van der Waals surface area contributed by atoms with Crippen LogP contribution < -0.4 is 0 Å². The van der Waals surface area contributed by atoms with Gasteiger partial charge in [-0.25, -0.2) is 0 Å². The minimum absolute atomic E-state index is 0.450. The molecule has 20 heavy (non-hydrogen) atoms. The second kappa shape index (κ2) is 8.15. The predicted octanol–water partition coefficient (Wildman–Crippen LogP) is 2.94. The molecule has 0 saturated carbocycles. The molecule has 0 radical (unpaired) electrons. The zero-order chi connectivity index (χ0) is 15.1. The molecule has 0 N–H and O–H groups in total. The molecular formula is C17H31N3. The zero-order valence-electron chi connectivity index (χ0n) is 13.7. The van der Waals surface area contributed by atoms with Gasteiger partial charge in [0.2, 0.25) is 0 Å². The van der Waals surface area contributed by atoms with Gasteiger partial charge in [0, 0.05) is 39.3 Å². The molecule has 0 aromatic rings. The van der Waals surface area contributed by atoms with E-state index in [0.29, 0.717) is 6.04 Å². The first kappa shape index (κ1) is 16.8. The maximum Gasteiger partial charge on any atom is 0.0945 e. The molecule has 0 aromatic heterocycles. The maximum atomic E-state index is 3.89. The quantitative estimate of drug-likeness (QED) is 0.538. The molecule has 0 fully saturated rings. The summed E-state index contributed by atoms with van der Waals surface area (Å²) in [6, 6.07) is 0.450. The first-order valence-electron chi connectivity index (χ1n) is 7.89. The highest BCUT2D eigenvalue weighted by Crippen LogP contribution is 2.41. The van der Waals surface area contributed by atoms with Crippen molar-refractivity contribution in [3.05, 3.63) is 36.7 Å². The van der Waals surface area contributed by atoms with Crippen LogP contribution in [0.15, 0.2) is 36.7 Å². The molecule has 1 aliphatic rings. The summed E-state index contributed by atoms with van der Waals surface area (Å²) in [5.41, 5.74) is 3.00. The van der Waals surface area contributed by atoms with Crippen LogP contribution in [0.3, 0.4) is 0 Å². The van der Waals surface area contributed by atoms with Gasteiger partial charge in [0.15, 0.2) is 0 Å². The Hall–Kier alpha value is -1.22. The SMILES string of the molecule is C=CCN(CC=C)C1C(N(CC)CC)=C1N(CC)CC. The second-order valence-corrected chi connectivity index (χ2v) is 5.05. The third-order valence-corrected chi connectivity index (χ3v) is 4.00. The summed E-state index contributed by atoms with van der Waals surface area (Å²) in [5.74, 6) is 0. The van der Waals surface area contributed by atoms with Gasteiger partial charge in [-0.1, -0.05) is 12.2 Å². The summed E-state index contributed by atoms with van der Waals surface area (Å²) >= 11 is 0. The third kappa shape index (κ3) is 3.45. The van der Waals surface area contributed by atoms with Crippen molar-refractivity contribution in [3.63, 3.8) is 0 Å². The third-order valence-electron chi connectivity index (χ3n) is 4.00. The van der Waals surface area contributed by atoms with Crippen molar-refractivity contribution in [2.45, 2.75) is 33.7 Å². The lowest BCUT2D eigenvalue weighted by atomic mass is 10.3. The first-order chi connectivity index (χ1) is 9.69. The minimum Gasteiger partial charge on any atom is -0.372 e. The topological polar surface area (TPSA) is 9.72 Å². The molecule has 3 nitrogen and oxygen atoms in total. The smallest absolute Gasteiger partial charge is 0.0945 e. The van der Waals surface area contributed by atoms with Crippen LogP contribution >= 0.6 is 0 Å². The average Bonchev–Trinajstić information content (AvgIpc) is 3.17. The second-order valence-electron chi connectivity index (χ2n) is 5.05. The highest BCUT2D eigenvalue weighted by atomic mass is 15.3. The number of likely N-dealkylation sites (N-methyl/N-ethyl adjacent to an activating group) is 2.